The van der Waals surface area contributed by atoms with Crippen molar-refractivity contribution < 1.29 is 9.53 Å². The second kappa shape index (κ2) is 7.55. The van der Waals surface area contributed by atoms with E-state index in [1.54, 1.807) is 0 Å². The lowest BCUT2D eigenvalue weighted by atomic mass is 10.0. The van der Waals surface area contributed by atoms with Gasteiger partial charge in [-0.2, -0.15) is 5.10 Å². The van der Waals surface area contributed by atoms with Crippen molar-refractivity contribution in [2.45, 2.75) is 46.3 Å². The number of aromatic nitrogens is 3. The van der Waals surface area contributed by atoms with Crippen molar-refractivity contribution in [3.63, 3.8) is 0 Å². The number of hydrogen-bond donors (Lipinski definition) is 0. The highest BCUT2D eigenvalue weighted by Gasteiger charge is 2.35. The van der Waals surface area contributed by atoms with Crippen LogP contribution in [0.15, 0.2) is 60.9 Å². The van der Waals surface area contributed by atoms with Crippen LogP contribution in [0.3, 0.4) is 0 Å². The van der Waals surface area contributed by atoms with Crippen molar-refractivity contribution in [3.05, 3.63) is 77.7 Å². The first-order valence-electron chi connectivity index (χ1n) is 11.1. The molecule has 1 aliphatic heterocycles. The Kier molecular flexibility index (Phi) is 4.81. The molecule has 1 aliphatic rings. The third-order valence-corrected chi connectivity index (χ3v) is 5.91. The smallest absolute Gasteiger partial charge is 0.258 e. The minimum Gasteiger partial charge on any atom is -0.493 e. The number of fused-ring (bicyclic) bond motifs is 2. The van der Waals surface area contributed by atoms with E-state index >= 15 is 0 Å². The van der Waals surface area contributed by atoms with Crippen LogP contribution >= 0.6 is 0 Å². The molecule has 2 aromatic heterocycles. The molecule has 32 heavy (non-hydrogen) atoms. The van der Waals surface area contributed by atoms with E-state index in [4.69, 9.17) is 9.84 Å². The van der Waals surface area contributed by atoms with Crippen LogP contribution < -0.4 is 4.74 Å². The van der Waals surface area contributed by atoms with Gasteiger partial charge in [0.2, 0.25) is 0 Å². The van der Waals surface area contributed by atoms with Gasteiger partial charge in [-0.05, 0) is 56.7 Å². The van der Waals surface area contributed by atoms with Gasteiger partial charge in [-0.1, -0.05) is 30.3 Å². The molecule has 1 amide bonds. The summed E-state index contributed by atoms with van der Waals surface area (Å²) in [6.07, 6.45) is 4.06. The number of benzene rings is 2. The first kappa shape index (κ1) is 20.4. The Balaban J connectivity index is 1.57. The summed E-state index contributed by atoms with van der Waals surface area (Å²) in [5, 5.41) is 6.88. The highest BCUT2D eigenvalue weighted by Crippen LogP contribution is 2.35. The predicted octanol–water partition coefficient (Wildman–Crippen LogP) is 5.14. The number of carbonyl (C=O) groups is 1. The average molecular weight is 429 g/mol. The molecule has 6 heteroatoms. The fourth-order valence-electron chi connectivity index (χ4n) is 4.46. The molecule has 3 heterocycles. The lowest BCUT2D eigenvalue weighted by Crippen LogP contribution is -2.30. The molecule has 6 nitrogen and oxygen atoms in total. The summed E-state index contributed by atoms with van der Waals surface area (Å²) < 4.78 is 10.0. The number of hydrogen-bond acceptors (Lipinski definition) is 3. The van der Waals surface area contributed by atoms with Gasteiger partial charge in [0.1, 0.15) is 11.6 Å². The van der Waals surface area contributed by atoms with Crippen LogP contribution in [0.25, 0.3) is 16.6 Å². The second-order valence-electron chi connectivity index (χ2n) is 9.18. The van der Waals surface area contributed by atoms with E-state index in [2.05, 4.69) is 30.0 Å². The third-order valence-electron chi connectivity index (χ3n) is 5.91. The number of carbonyl (C=O) groups excluding carboxylic acids is 1. The summed E-state index contributed by atoms with van der Waals surface area (Å²) >= 11 is 0. The number of amides is 1. The van der Waals surface area contributed by atoms with Crippen molar-refractivity contribution in [2.24, 2.45) is 0 Å². The van der Waals surface area contributed by atoms with Gasteiger partial charge in [-0.25, -0.2) is 4.68 Å². The van der Waals surface area contributed by atoms with Crippen LogP contribution in [-0.2, 0) is 18.6 Å². The molecule has 0 saturated carbocycles. The largest absolute Gasteiger partial charge is 0.493 e. The van der Waals surface area contributed by atoms with Gasteiger partial charge in [-0.3, -0.25) is 4.79 Å². The Morgan fingerprint density at radius 2 is 1.78 bits per heavy atom. The van der Waals surface area contributed by atoms with Crippen molar-refractivity contribution in [3.8, 4) is 11.6 Å². The first-order valence-corrected chi connectivity index (χ1v) is 11.1. The molecule has 0 bridgehead atoms. The van der Waals surface area contributed by atoms with Crippen LogP contribution in [-0.4, -0.2) is 31.8 Å². The summed E-state index contributed by atoms with van der Waals surface area (Å²) in [6.45, 7) is 9.90. The van der Waals surface area contributed by atoms with Gasteiger partial charge in [0.25, 0.3) is 5.91 Å². The Morgan fingerprint density at radius 1 is 1.03 bits per heavy atom. The van der Waals surface area contributed by atoms with Crippen molar-refractivity contribution in [1.29, 1.82) is 0 Å². The maximum Gasteiger partial charge on any atom is 0.258 e. The van der Waals surface area contributed by atoms with Crippen LogP contribution in [0.2, 0.25) is 0 Å². The highest BCUT2D eigenvalue weighted by molar-refractivity contribution is 6.09. The fourth-order valence-corrected chi connectivity index (χ4v) is 4.46. The SMILES string of the molecule is CCOc1ccc2ccccc2c1C(=O)N1Cc2nn(C(C)(C)C)c(-n3cccc3)c2C1. The van der Waals surface area contributed by atoms with Gasteiger partial charge in [-0.15, -0.1) is 0 Å². The molecule has 164 valence electrons. The molecule has 0 radical (unpaired) electrons. The van der Waals surface area contributed by atoms with Gasteiger partial charge in [0, 0.05) is 18.0 Å². The lowest BCUT2D eigenvalue weighted by molar-refractivity contribution is 0.0746. The minimum atomic E-state index is -0.170. The van der Waals surface area contributed by atoms with E-state index in [0.29, 0.717) is 31.0 Å². The van der Waals surface area contributed by atoms with Crippen LogP contribution in [0, 0.1) is 0 Å². The molecule has 0 unspecified atom stereocenters. The van der Waals surface area contributed by atoms with Crippen LogP contribution in [0.4, 0.5) is 0 Å². The van der Waals surface area contributed by atoms with E-state index in [0.717, 1.165) is 27.8 Å². The third kappa shape index (κ3) is 3.27. The average Bonchev–Trinajstić information content (AvgIpc) is 3.48. The van der Waals surface area contributed by atoms with Crippen molar-refractivity contribution in [2.75, 3.05) is 6.61 Å². The number of ether oxygens (including phenoxy) is 1. The van der Waals surface area contributed by atoms with E-state index in [-0.39, 0.29) is 11.4 Å². The molecule has 0 fully saturated rings. The summed E-state index contributed by atoms with van der Waals surface area (Å²) in [5.74, 6) is 1.63. The zero-order valence-electron chi connectivity index (χ0n) is 19.0. The quantitative estimate of drug-likeness (QED) is 0.452. The molecule has 0 atom stereocenters. The van der Waals surface area contributed by atoms with Gasteiger partial charge in [0.15, 0.2) is 0 Å². The van der Waals surface area contributed by atoms with E-state index in [9.17, 15) is 4.79 Å². The Bertz CT molecular complexity index is 1300. The minimum absolute atomic E-state index is 0.0241. The normalized spacial score (nSPS) is 13.6. The van der Waals surface area contributed by atoms with E-state index < -0.39 is 0 Å². The molecular weight excluding hydrogens is 400 g/mol. The van der Waals surface area contributed by atoms with Gasteiger partial charge in [0.05, 0.1) is 36.5 Å². The number of nitrogens with zero attached hydrogens (tertiary/aromatic N) is 4. The molecule has 0 spiro atoms. The summed E-state index contributed by atoms with van der Waals surface area (Å²) in [5.41, 5.74) is 2.51. The molecule has 4 aromatic rings. The summed E-state index contributed by atoms with van der Waals surface area (Å²) in [6, 6.07) is 15.9. The second-order valence-corrected chi connectivity index (χ2v) is 9.18. The topological polar surface area (TPSA) is 52.3 Å². The molecule has 2 aromatic carbocycles. The van der Waals surface area contributed by atoms with E-state index in [1.807, 2.05) is 72.7 Å². The van der Waals surface area contributed by atoms with Crippen molar-refractivity contribution in [1.82, 2.24) is 19.2 Å². The standard InChI is InChI=1S/C26H28N4O2/c1-5-32-22-13-12-18-10-6-7-11-19(18)23(22)25(31)29-16-20-21(17-29)27-30(26(2,3)4)24(20)28-14-8-9-15-28/h6-15H,5,16-17H2,1-4H3. The summed E-state index contributed by atoms with van der Waals surface area (Å²) in [4.78, 5) is 15.7. The Morgan fingerprint density at radius 3 is 2.50 bits per heavy atom. The maximum atomic E-state index is 13.8. The molecule has 0 aliphatic carbocycles. The van der Waals surface area contributed by atoms with Gasteiger partial charge < -0.3 is 14.2 Å². The molecule has 0 saturated heterocycles. The van der Waals surface area contributed by atoms with Gasteiger partial charge >= 0.3 is 0 Å². The summed E-state index contributed by atoms with van der Waals surface area (Å²) in [7, 11) is 0. The van der Waals surface area contributed by atoms with Crippen molar-refractivity contribution >= 4 is 16.7 Å². The molecule has 5 rings (SSSR count). The number of rotatable bonds is 4. The fraction of sp³-hybridized carbons (Fsp3) is 0.308. The zero-order chi connectivity index (χ0) is 22.5. The molecule has 0 N–H and O–H groups in total. The monoisotopic (exact) mass is 428 g/mol. The van der Waals surface area contributed by atoms with Crippen LogP contribution in [0.5, 0.6) is 5.75 Å². The first-order chi connectivity index (χ1) is 15.4. The highest BCUT2D eigenvalue weighted by atomic mass is 16.5. The molecular formula is C26H28N4O2. The zero-order valence-corrected chi connectivity index (χ0v) is 19.0. The maximum absolute atomic E-state index is 13.8. The predicted molar refractivity (Wildman–Crippen MR) is 125 cm³/mol. The van der Waals surface area contributed by atoms with E-state index in [1.165, 1.54) is 0 Å². The van der Waals surface area contributed by atoms with Crippen LogP contribution in [0.1, 0.15) is 49.3 Å². The Labute approximate surface area is 188 Å². The Hall–Kier alpha value is -3.54. The lowest BCUT2D eigenvalue weighted by Gasteiger charge is -2.25.